The minimum absolute atomic E-state index is 0.0672. The van der Waals surface area contributed by atoms with Crippen LogP contribution in [0.2, 0.25) is 0 Å². The number of epoxide rings is 1. The molecule has 0 bridgehead atoms. The Balaban J connectivity index is 1.17. The Morgan fingerprint density at radius 1 is 1.20 bits per heavy atom. The summed E-state index contributed by atoms with van der Waals surface area (Å²) in [6.45, 7) is 13.3. The van der Waals surface area contributed by atoms with E-state index in [1.165, 1.54) is 12.8 Å². The van der Waals surface area contributed by atoms with Gasteiger partial charge in [0.1, 0.15) is 5.75 Å². The highest BCUT2D eigenvalue weighted by molar-refractivity contribution is 5.82. The number of ether oxygens (including phenoxy) is 4. The number of piperidine rings is 1. The van der Waals surface area contributed by atoms with Gasteiger partial charge in [-0.1, -0.05) is 55.4 Å². The van der Waals surface area contributed by atoms with Crippen molar-refractivity contribution in [2.75, 3.05) is 53.1 Å². The predicted octanol–water partition coefficient (Wildman–Crippen LogP) is 7.44. The fourth-order valence-corrected chi connectivity index (χ4v) is 7.65. The Kier molecular flexibility index (Phi) is 16.3. The van der Waals surface area contributed by atoms with E-state index < -0.39 is 0 Å². The van der Waals surface area contributed by atoms with Crippen LogP contribution in [0, 0.1) is 17.8 Å². The molecule has 0 aromatic heterocycles. The second-order valence-corrected chi connectivity index (χ2v) is 14.9. The van der Waals surface area contributed by atoms with E-state index in [4.69, 9.17) is 24.5 Å². The first-order valence-electron chi connectivity index (χ1n) is 19.1. The predicted molar refractivity (Wildman–Crippen MR) is 200 cm³/mol. The monoisotopic (exact) mass is 707 g/mol. The zero-order valence-electron chi connectivity index (χ0n) is 31.6. The molecule has 2 amide bonds. The number of carbonyl (C=O) groups is 2. The number of carbonyl (C=O) groups excluding carboxylic acids is 2. The smallest absolute Gasteiger partial charge is 0.224 e. The molecule has 11 heteroatoms. The third-order valence-electron chi connectivity index (χ3n) is 10.7. The maximum absolute atomic E-state index is 12.9. The largest absolute Gasteiger partial charge is 0.496 e. The van der Waals surface area contributed by atoms with E-state index in [9.17, 15) is 9.59 Å². The van der Waals surface area contributed by atoms with Gasteiger partial charge in [-0.15, -0.1) is 0 Å². The van der Waals surface area contributed by atoms with Crippen LogP contribution in [0.1, 0.15) is 96.6 Å². The molecule has 5 atom stereocenters. The number of azide groups is 1. The standard InChI is InChI=1S/C40H61N5O6/c1-29(27-40(4)39(51-40)31(3)35-16-6-8-25-50-35)12-10-13-30(2)34-15-11-14-33(38(34)48-5)26-36(46)42-21-17-37(47)45-22-18-32(19-23-45)28-49-24-9-7-20-43-44-41/h10-15,29,31-32,35,39H,6-9,16-28H2,1-5H3,(H,42,46)/b12-10+,30-13+/t29-,31-,35+,39-,40-/m1/s1. The number of benzene rings is 1. The van der Waals surface area contributed by atoms with Crippen LogP contribution < -0.4 is 10.1 Å². The summed E-state index contributed by atoms with van der Waals surface area (Å²) in [6, 6.07) is 5.89. The molecule has 1 aromatic carbocycles. The average Bonchev–Trinajstić information content (AvgIpc) is 3.80. The van der Waals surface area contributed by atoms with Gasteiger partial charge in [-0.05, 0) is 88.2 Å². The number of hydrogen-bond acceptors (Lipinski definition) is 7. The van der Waals surface area contributed by atoms with Gasteiger partial charge in [0, 0.05) is 74.4 Å². The maximum atomic E-state index is 12.9. The van der Waals surface area contributed by atoms with Gasteiger partial charge in [0.05, 0.1) is 31.3 Å². The van der Waals surface area contributed by atoms with E-state index in [0.29, 0.717) is 69.0 Å². The summed E-state index contributed by atoms with van der Waals surface area (Å²) in [6.07, 6.45) is 15.5. The normalized spacial score (nSPS) is 23.8. The fourth-order valence-electron chi connectivity index (χ4n) is 7.65. The molecule has 4 rings (SSSR count). The van der Waals surface area contributed by atoms with Crippen molar-refractivity contribution in [3.05, 3.63) is 58.0 Å². The van der Waals surface area contributed by atoms with Crippen molar-refractivity contribution in [2.45, 2.75) is 110 Å². The Morgan fingerprint density at radius 2 is 2.00 bits per heavy atom. The molecule has 1 N–H and O–H groups in total. The van der Waals surface area contributed by atoms with Crippen LogP contribution in [-0.2, 0) is 30.2 Å². The second kappa shape index (κ2) is 20.6. The number of unbranched alkanes of at least 4 members (excludes halogenated alkanes) is 1. The number of nitrogens with zero attached hydrogens (tertiary/aromatic N) is 4. The van der Waals surface area contributed by atoms with Crippen molar-refractivity contribution in [1.82, 2.24) is 10.2 Å². The van der Waals surface area contributed by atoms with Crippen molar-refractivity contribution in [3.8, 4) is 5.75 Å². The quantitative estimate of drug-likeness (QED) is 0.0373. The number of likely N-dealkylation sites (tertiary alicyclic amines) is 1. The van der Waals surface area contributed by atoms with Crippen molar-refractivity contribution in [2.24, 2.45) is 22.9 Å². The Labute approximate surface area is 305 Å². The molecule has 0 spiro atoms. The zero-order valence-corrected chi connectivity index (χ0v) is 31.6. The Bertz CT molecular complexity index is 1380. The number of methoxy groups -OCH3 is 1. The van der Waals surface area contributed by atoms with Gasteiger partial charge in [-0.25, -0.2) is 0 Å². The number of nitrogens with one attached hydrogen (secondary N) is 1. The van der Waals surface area contributed by atoms with Crippen LogP contribution in [-0.4, -0.2) is 87.6 Å². The second-order valence-electron chi connectivity index (χ2n) is 14.9. The third-order valence-corrected chi connectivity index (χ3v) is 10.7. The molecule has 0 unspecified atom stereocenters. The van der Waals surface area contributed by atoms with Gasteiger partial charge in [0.2, 0.25) is 11.8 Å². The molecule has 3 saturated heterocycles. The van der Waals surface area contributed by atoms with Crippen LogP contribution in [0.5, 0.6) is 5.75 Å². The summed E-state index contributed by atoms with van der Waals surface area (Å²) in [5, 5.41) is 6.46. The minimum atomic E-state index is -0.137. The van der Waals surface area contributed by atoms with Crippen LogP contribution in [0.3, 0.4) is 0 Å². The number of allylic oxidation sites excluding steroid dienone is 4. The van der Waals surface area contributed by atoms with Gasteiger partial charge >= 0.3 is 0 Å². The molecule has 0 radical (unpaired) electrons. The molecule has 51 heavy (non-hydrogen) atoms. The summed E-state index contributed by atoms with van der Waals surface area (Å²) < 4.78 is 23.9. The lowest BCUT2D eigenvalue weighted by atomic mass is 9.85. The van der Waals surface area contributed by atoms with Crippen molar-refractivity contribution in [3.63, 3.8) is 0 Å². The van der Waals surface area contributed by atoms with Crippen molar-refractivity contribution < 1.29 is 28.5 Å². The van der Waals surface area contributed by atoms with E-state index >= 15 is 0 Å². The highest BCUT2D eigenvalue weighted by Crippen LogP contribution is 2.48. The SMILES string of the molecule is COc1c(CC(=O)NCCC(=O)N2CCC(COCCCCN=[N+]=[N-])CC2)cccc1/C(C)=C/C=C/[C@@H](C)C[C@@]1(C)O[C@@H]1[C@H](C)[C@@H]1CCCCO1. The summed E-state index contributed by atoms with van der Waals surface area (Å²) in [5.74, 6) is 1.85. The first kappa shape index (κ1) is 40.4. The highest BCUT2D eigenvalue weighted by atomic mass is 16.6. The maximum Gasteiger partial charge on any atom is 0.224 e. The lowest BCUT2D eigenvalue weighted by molar-refractivity contribution is -0.132. The number of hydrogen-bond donors (Lipinski definition) is 1. The lowest BCUT2D eigenvalue weighted by Crippen LogP contribution is -2.41. The lowest BCUT2D eigenvalue weighted by Gasteiger charge is -2.32. The summed E-state index contributed by atoms with van der Waals surface area (Å²) in [4.78, 5) is 30.4. The number of rotatable bonds is 20. The van der Waals surface area contributed by atoms with Gasteiger partial charge in [0.15, 0.2) is 0 Å². The molecule has 0 aliphatic carbocycles. The van der Waals surface area contributed by atoms with Gasteiger partial charge < -0.3 is 29.2 Å². The van der Waals surface area contributed by atoms with E-state index in [1.807, 2.05) is 23.1 Å². The van der Waals surface area contributed by atoms with Gasteiger partial charge in [0.25, 0.3) is 0 Å². The van der Waals surface area contributed by atoms with Crippen LogP contribution in [0.4, 0.5) is 0 Å². The Hall–Kier alpha value is -3.37. The molecular weight excluding hydrogens is 646 g/mol. The number of para-hydroxylation sites is 1. The molecule has 0 saturated carbocycles. The number of amides is 2. The topological polar surface area (TPSA) is 138 Å². The molecule has 11 nitrogen and oxygen atoms in total. The average molecular weight is 708 g/mol. The molecule has 3 aliphatic heterocycles. The Morgan fingerprint density at radius 3 is 2.73 bits per heavy atom. The first-order chi connectivity index (χ1) is 24.6. The molecule has 3 heterocycles. The molecule has 3 fully saturated rings. The van der Waals surface area contributed by atoms with Crippen LogP contribution in [0.25, 0.3) is 16.0 Å². The molecule has 282 valence electrons. The van der Waals surface area contributed by atoms with Crippen molar-refractivity contribution in [1.29, 1.82) is 0 Å². The zero-order chi connectivity index (χ0) is 36.6. The molecule has 3 aliphatic rings. The minimum Gasteiger partial charge on any atom is -0.496 e. The molecular formula is C40H61N5O6. The summed E-state index contributed by atoms with van der Waals surface area (Å²) in [7, 11) is 1.64. The highest BCUT2D eigenvalue weighted by Gasteiger charge is 2.56. The van der Waals surface area contributed by atoms with Gasteiger partial charge in [-0.2, -0.15) is 0 Å². The van der Waals surface area contributed by atoms with Gasteiger partial charge in [-0.3, -0.25) is 9.59 Å². The fraction of sp³-hybridized carbons (Fsp3) is 0.700. The van der Waals surface area contributed by atoms with E-state index in [2.05, 4.69) is 61.3 Å². The van der Waals surface area contributed by atoms with Crippen LogP contribution in [0.15, 0.2) is 41.5 Å². The molecule has 1 aromatic rings. The van der Waals surface area contributed by atoms with E-state index in [-0.39, 0.29) is 36.4 Å². The van der Waals surface area contributed by atoms with E-state index in [0.717, 1.165) is 61.8 Å². The van der Waals surface area contributed by atoms with Crippen LogP contribution >= 0.6 is 0 Å². The summed E-state index contributed by atoms with van der Waals surface area (Å²) >= 11 is 0. The van der Waals surface area contributed by atoms with E-state index in [1.54, 1.807) is 7.11 Å². The third kappa shape index (κ3) is 12.7. The summed E-state index contributed by atoms with van der Waals surface area (Å²) in [5.41, 5.74) is 11.0. The van der Waals surface area contributed by atoms with Crippen molar-refractivity contribution >= 4 is 17.4 Å². The first-order valence-corrected chi connectivity index (χ1v) is 19.1.